The molecule has 1 saturated heterocycles. The summed E-state index contributed by atoms with van der Waals surface area (Å²) in [6.45, 7) is 3.33. The van der Waals surface area contributed by atoms with Crippen molar-refractivity contribution in [3.63, 3.8) is 0 Å². The van der Waals surface area contributed by atoms with Gasteiger partial charge in [-0.2, -0.15) is 11.8 Å². The molecule has 17 heavy (non-hydrogen) atoms. The van der Waals surface area contributed by atoms with Gasteiger partial charge in [-0.25, -0.2) is 0 Å². The Balaban J connectivity index is 2.17. The van der Waals surface area contributed by atoms with Crippen molar-refractivity contribution < 1.29 is 0 Å². The molecular formula is C14H22N2S. The van der Waals surface area contributed by atoms with Gasteiger partial charge in [-0.15, -0.1) is 0 Å². The van der Waals surface area contributed by atoms with E-state index >= 15 is 0 Å². The first kappa shape index (κ1) is 12.9. The molecule has 3 heteroatoms. The number of nitrogens with zero attached hydrogens (tertiary/aromatic N) is 1. The van der Waals surface area contributed by atoms with Gasteiger partial charge in [0.05, 0.1) is 0 Å². The maximum absolute atomic E-state index is 3.48. The molecular weight excluding hydrogens is 228 g/mol. The summed E-state index contributed by atoms with van der Waals surface area (Å²) in [6, 6.07) is 9.95. The monoisotopic (exact) mass is 250 g/mol. The van der Waals surface area contributed by atoms with E-state index < -0.39 is 0 Å². The van der Waals surface area contributed by atoms with Crippen LogP contribution in [0.1, 0.15) is 17.2 Å². The first-order valence-electron chi connectivity index (χ1n) is 6.24. The molecule has 1 aromatic rings. The number of thioether (sulfide) groups is 1. The minimum Gasteiger partial charge on any atom is -0.312 e. The van der Waals surface area contributed by atoms with Crippen LogP contribution in [0, 0.1) is 6.92 Å². The summed E-state index contributed by atoms with van der Waals surface area (Å²) in [7, 11) is 4.31. The zero-order valence-electron chi connectivity index (χ0n) is 10.9. The second-order valence-electron chi connectivity index (χ2n) is 4.80. The molecule has 2 atom stereocenters. The van der Waals surface area contributed by atoms with Crippen molar-refractivity contribution in [1.82, 2.24) is 10.2 Å². The third-order valence-electron chi connectivity index (χ3n) is 3.58. The van der Waals surface area contributed by atoms with Crippen LogP contribution >= 0.6 is 11.8 Å². The Kier molecular flexibility index (Phi) is 4.48. The summed E-state index contributed by atoms with van der Waals surface area (Å²) in [5.74, 6) is 2.48. The topological polar surface area (TPSA) is 15.3 Å². The van der Waals surface area contributed by atoms with Gasteiger partial charge in [-0.05, 0) is 26.6 Å². The minimum atomic E-state index is 0.438. The Labute approximate surface area is 109 Å². The standard InChI is InChI=1S/C14H22N2S/c1-11-4-6-12(7-5-11)14(15-2)13-10-17-9-8-16(13)3/h4-7,13-15H,8-10H2,1-3H3. The van der Waals surface area contributed by atoms with Crippen molar-refractivity contribution in [2.24, 2.45) is 0 Å². The van der Waals surface area contributed by atoms with E-state index in [1.807, 2.05) is 0 Å². The second-order valence-corrected chi connectivity index (χ2v) is 5.95. The highest BCUT2D eigenvalue weighted by molar-refractivity contribution is 7.99. The van der Waals surface area contributed by atoms with E-state index in [9.17, 15) is 0 Å². The van der Waals surface area contributed by atoms with Crippen LogP contribution in [0.15, 0.2) is 24.3 Å². The van der Waals surface area contributed by atoms with Crippen LogP contribution in [-0.4, -0.2) is 43.1 Å². The molecule has 0 bridgehead atoms. The van der Waals surface area contributed by atoms with Gasteiger partial charge in [-0.3, -0.25) is 4.90 Å². The molecule has 1 fully saturated rings. The van der Waals surface area contributed by atoms with Gasteiger partial charge in [0.1, 0.15) is 0 Å². The first-order chi connectivity index (χ1) is 8.22. The zero-order valence-corrected chi connectivity index (χ0v) is 11.8. The van der Waals surface area contributed by atoms with Gasteiger partial charge in [0, 0.05) is 30.1 Å². The quantitative estimate of drug-likeness (QED) is 0.886. The third-order valence-corrected chi connectivity index (χ3v) is 4.62. The van der Waals surface area contributed by atoms with Crippen LogP contribution < -0.4 is 5.32 Å². The smallest absolute Gasteiger partial charge is 0.0483 e. The summed E-state index contributed by atoms with van der Waals surface area (Å²) >= 11 is 2.07. The van der Waals surface area contributed by atoms with Gasteiger partial charge in [0.2, 0.25) is 0 Å². The van der Waals surface area contributed by atoms with E-state index in [0.29, 0.717) is 12.1 Å². The zero-order chi connectivity index (χ0) is 12.3. The van der Waals surface area contributed by atoms with Gasteiger partial charge >= 0.3 is 0 Å². The molecule has 1 aliphatic heterocycles. The average Bonchev–Trinajstić information content (AvgIpc) is 2.35. The second kappa shape index (κ2) is 5.89. The van der Waals surface area contributed by atoms with E-state index in [0.717, 1.165) is 0 Å². The summed E-state index contributed by atoms with van der Waals surface area (Å²) in [5, 5.41) is 3.48. The van der Waals surface area contributed by atoms with Gasteiger partial charge in [0.25, 0.3) is 0 Å². The first-order valence-corrected chi connectivity index (χ1v) is 7.39. The fourth-order valence-corrected chi connectivity index (χ4v) is 3.68. The van der Waals surface area contributed by atoms with E-state index in [1.54, 1.807) is 0 Å². The largest absolute Gasteiger partial charge is 0.312 e. The van der Waals surface area contributed by atoms with Crippen LogP contribution in [0.2, 0.25) is 0 Å². The Bertz CT molecular complexity index is 350. The number of aryl methyl sites for hydroxylation is 1. The van der Waals surface area contributed by atoms with Gasteiger partial charge in [-0.1, -0.05) is 29.8 Å². The van der Waals surface area contributed by atoms with Gasteiger partial charge < -0.3 is 5.32 Å². The number of nitrogens with one attached hydrogen (secondary N) is 1. The van der Waals surface area contributed by atoms with Crippen molar-refractivity contribution in [2.45, 2.75) is 19.0 Å². The maximum Gasteiger partial charge on any atom is 0.0483 e. The lowest BCUT2D eigenvalue weighted by atomic mass is 9.98. The van der Waals surface area contributed by atoms with Crippen molar-refractivity contribution in [3.8, 4) is 0 Å². The van der Waals surface area contributed by atoms with E-state index in [1.165, 1.54) is 29.2 Å². The molecule has 94 valence electrons. The summed E-state index contributed by atoms with van der Waals surface area (Å²) < 4.78 is 0. The minimum absolute atomic E-state index is 0.438. The van der Waals surface area contributed by atoms with E-state index in [4.69, 9.17) is 0 Å². The molecule has 0 saturated carbocycles. The predicted molar refractivity (Wildman–Crippen MR) is 76.7 cm³/mol. The highest BCUT2D eigenvalue weighted by atomic mass is 32.2. The molecule has 0 aromatic heterocycles. The van der Waals surface area contributed by atoms with Crippen molar-refractivity contribution in [3.05, 3.63) is 35.4 Å². The van der Waals surface area contributed by atoms with Crippen LogP contribution in [0.3, 0.4) is 0 Å². The number of rotatable bonds is 3. The van der Waals surface area contributed by atoms with E-state index in [-0.39, 0.29) is 0 Å². The van der Waals surface area contributed by atoms with Gasteiger partial charge in [0.15, 0.2) is 0 Å². The lowest BCUT2D eigenvalue weighted by molar-refractivity contribution is 0.221. The molecule has 1 heterocycles. The molecule has 1 aliphatic rings. The Morgan fingerprint density at radius 3 is 2.65 bits per heavy atom. The van der Waals surface area contributed by atoms with E-state index in [2.05, 4.69) is 67.3 Å². The number of hydrogen-bond donors (Lipinski definition) is 1. The number of likely N-dealkylation sites (N-methyl/N-ethyl adjacent to an activating group) is 2. The van der Waals surface area contributed by atoms with Crippen molar-refractivity contribution >= 4 is 11.8 Å². The fraction of sp³-hybridized carbons (Fsp3) is 0.571. The third kappa shape index (κ3) is 3.03. The predicted octanol–water partition coefficient (Wildman–Crippen LogP) is 2.30. The molecule has 1 aromatic carbocycles. The molecule has 0 amide bonds. The Morgan fingerprint density at radius 1 is 1.35 bits per heavy atom. The Morgan fingerprint density at radius 2 is 2.06 bits per heavy atom. The molecule has 2 nitrogen and oxygen atoms in total. The maximum atomic E-state index is 3.48. The molecule has 2 unspecified atom stereocenters. The number of hydrogen-bond acceptors (Lipinski definition) is 3. The highest BCUT2D eigenvalue weighted by Gasteiger charge is 2.27. The van der Waals surface area contributed by atoms with Crippen molar-refractivity contribution in [2.75, 3.05) is 32.1 Å². The van der Waals surface area contributed by atoms with Crippen LogP contribution in [0.4, 0.5) is 0 Å². The normalized spacial score (nSPS) is 23.6. The molecule has 0 aliphatic carbocycles. The molecule has 0 spiro atoms. The highest BCUT2D eigenvalue weighted by Crippen LogP contribution is 2.26. The fourth-order valence-electron chi connectivity index (χ4n) is 2.41. The molecule has 0 radical (unpaired) electrons. The SMILES string of the molecule is CNC(c1ccc(C)cc1)C1CSCCN1C. The van der Waals surface area contributed by atoms with Crippen molar-refractivity contribution in [1.29, 1.82) is 0 Å². The summed E-state index contributed by atoms with van der Waals surface area (Å²) in [5.41, 5.74) is 2.73. The van der Waals surface area contributed by atoms with Crippen LogP contribution in [0.25, 0.3) is 0 Å². The average molecular weight is 250 g/mol. The summed E-state index contributed by atoms with van der Waals surface area (Å²) in [6.07, 6.45) is 0. The number of benzene rings is 1. The van der Waals surface area contributed by atoms with Crippen LogP contribution in [0.5, 0.6) is 0 Å². The Hall–Kier alpha value is -0.510. The molecule has 1 N–H and O–H groups in total. The lowest BCUT2D eigenvalue weighted by Crippen LogP contribution is -2.47. The van der Waals surface area contributed by atoms with Crippen LogP contribution in [-0.2, 0) is 0 Å². The molecule has 2 rings (SSSR count). The summed E-state index contributed by atoms with van der Waals surface area (Å²) in [4.78, 5) is 2.48. The lowest BCUT2D eigenvalue weighted by Gasteiger charge is -2.38.